The Morgan fingerprint density at radius 1 is 1.19 bits per heavy atom. The van der Waals surface area contributed by atoms with Crippen LogP contribution in [-0.4, -0.2) is 27.9 Å². The van der Waals surface area contributed by atoms with Gasteiger partial charge in [0.25, 0.3) is 0 Å². The van der Waals surface area contributed by atoms with Crippen molar-refractivity contribution < 1.29 is 14.3 Å². The highest BCUT2D eigenvalue weighted by Crippen LogP contribution is 2.45. The number of benzene rings is 2. The van der Waals surface area contributed by atoms with Gasteiger partial charge in [0.1, 0.15) is 28.8 Å². The van der Waals surface area contributed by atoms with Gasteiger partial charge in [-0.05, 0) is 36.8 Å². The Balaban J connectivity index is 1.79. The summed E-state index contributed by atoms with van der Waals surface area (Å²) in [5, 5.41) is 8.66. The van der Waals surface area contributed by atoms with E-state index in [0.29, 0.717) is 17.7 Å². The number of aromatic nitrogens is 3. The molecule has 0 fully saturated rings. The Labute approximate surface area is 150 Å². The maximum Gasteiger partial charge on any atom is 0.164 e. The average Bonchev–Trinajstić information content (AvgIpc) is 3.10. The van der Waals surface area contributed by atoms with Crippen molar-refractivity contribution in [1.29, 1.82) is 0 Å². The fourth-order valence-corrected chi connectivity index (χ4v) is 3.83. The van der Waals surface area contributed by atoms with Crippen LogP contribution in [0.1, 0.15) is 30.9 Å². The van der Waals surface area contributed by atoms with E-state index in [1.807, 2.05) is 47.1 Å². The molecule has 0 radical (unpaired) electrons. The van der Waals surface area contributed by atoms with E-state index in [4.69, 9.17) is 9.47 Å². The van der Waals surface area contributed by atoms with Crippen LogP contribution in [0, 0.1) is 0 Å². The van der Waals surface area contributed by atoms with E-state index >= 15 is 0 Å². The quantitative estimate of drug-likeness (QED) is 0.710. The van der Waals surface area contributed by atoms with E-state index in [2.05, 4.69) is 10.3 Å². The Hall–Kier alpha value is -3.15. The molecule has 1 unspecified atom stereocenters. The van der Waals surface area contributed by atoms with Gasteiger partial charge in [0, 0.05) is 18.4 Å². The average molecular weight is 347 g/mol. The number of para-hydroxylation sites is 1. The molecule has 0 spiro atoms. The van der Waals surface area contributed by atoms with Gasteiger partial charge in [0.05, 0.1) is 18.2 Å². The van der Waals surface area contributed by atoms with Gasteiger partial charge in [-0.15, -0.1) is 5.10 Å². The van der Waals surface area contributed by atoms with Crippen molar-refractivity contribution in [3.8, 4) is 11.5 Å². The van der Waals surface area contributed by atoms with Gasteiger partial charge in [0.15, 0.2) is 5.78 Å². The van der Waals surface area contributed by atoms with Crippen LogP contribution in [0.2, 0.25) is 0 Å². The molecule has 0 saturated heterocycles. The zero-order chi connectivity index (χ0) is 17.7. The topological polar surface area (TPSA) is 66.2 Å². The van der Waals surface area contributed by atoms with Crippen LogP contribution >= 0.6 is 0 Å². The van der Waals surface area contributed by atoms with Gasteiger partial charge >= 0.3 is 0 Å². The molecule has 2 aromatic carbocycles. The molecule has 6 nitrogen and oxygen atoms in total. The summed E-state index contributed by atoms with van der Waals surface area (Å²) in [5.41, 5.74) is 3.24. The molecule has 130 valence electrons. The van der Waals surface area contributed by atoms with Crippen molar-refractivity contribution >= 4 is 16.8 Å². The highest BCUT2D eigenvalue weighted by atomic mass is 16.5. The molecule has 1 aliphatic heterocycles. The SMILES string of the molecule is COc1ccc2c(c1)C(n1nnc3ccccc31)C1=C(CCCC1=O)O2. The van der Waals surface area contributed by atoms with E-state index in [1.165, 1.54) is 0 Å². The van der Waals surface area contributed by atoms with E-state index in [9.17, 15) is 4.79 Å². The van der Waals surface area contributed by atoms with Crippen molar-refractivity contribution in [2.24, 2.45) is 0 Å². The predicted molar refractivity (Wildman–Crippen MR) is 95.2 cm³/mol. The van der Waals surface area contributed by atoms with E-state index in [0.717, 1.165) is 40.9 Å². The van der Waals surface area contributed by atoms with Crippen LogP contribution in [0.5, 0.6) is 11.5 Å². The summed E-state index contributed by atoms with van der Waals surface area (Å²) in [4.78, 5) is 12.8. The van der Waals surface area contributed by atoms with Gasteiger partial charge in [-0.2, -0.15) is 0 Å². The standard InChI is InChI=1S/C20H17N3O3/c1-25-12-9-10-17-13(11-12)20(19-16(24)7-4-8-18(19)26-17)23-15-6-3-2-5-14(15)21-22-23/h2-3,5-6,9-11,20H,4,7-8H2,1H3. The second-order valence-corrected chi connectivity index (χ2v) is 6.54. The number of Topliss-reactive ketones (excluding diaryl/α,β-unsaturated/α-hetero) is 1. The number of hydrogen-bond donors (Lipinski definition) is 0. The van der Waals surface area contributed by atoms with Crippen LogP contribution in [0.3, 0.4) is 0 Å². The van der Waals surface area contributed by atoms with Crippen LogP contribution in [-0.2, 0) is 4.79 Å². The molecule has 26 heavy (non-hydrogen) atoms. The highest BCUT2D eigenvalue weighted by Gasteiger charge is 2.38. The second-order valence-electron chi connectivity index (χ2n) is 6.54. The lowest BCUT2D eigenvalue weighted by Crippen LogP contribution is -2.29. The largest absolute Gasteiger partial charge is 0.497 e. The molecule has 2 heterocycles. The molecular weight excluding hydrogens is 330 g/mol. The zero-order valence-corrected chi connectivity index (χ0v) is 14.3. The highest BCUT2D eigenvalue weighted by molar-refractivity contribution is 5.99. The van der Waals surface area contributed by atoms with Crippen LogP contribution in [0.4, 0.5) is 0 Å². The monoisotopic (exact) mass is 347 g/mol. The number of carbonyl (C=O) groups is 1. The van der Waals surface area contributed by atoms with Crippen molar-refractivity contribution in [2.75, 3.05) is 7.11 Å². The van der Waals surface area contributed by atoms with Crippen LogP contribution in [0.15, 0.2) is 53.8 Å². The number of allylic oxidation sites excluding steroid dienone is 2. The number of ether oxygens (including phenoxy) is 2. The Morgan fingerprint density at radius 3 is 2.96 bits per heavy atom. The normalized spacial score (nSPS) is 19.1. The van der Waals surface area contributed by atoms with Crippen molar-refractivity contribution in [2.45, 2.75) is 25.3 Å². The summed E-state index contributed by atoms with van der Waals surface area (Å²) in [6.45, 7) is 0. The minimum absolute atomic E-state index is 0.115. The molecule has 6 heteroatoms. The number of rotatable bonds is 2. The maximum atomic E-state index is 12.8. The summed E-state index contributed by atoms with van der Waals surface area (Å²) in [6.07, 6.45) is 2.11. The number of methoxy groups -OCH3 is 1. The van der Waals surface area contributed by atoms with Gasteiger partial charge < -0.3 is 9.47 Å². The summed E-state index contributed by atoms with van der Waals surface area (Å²) in [6, 6.07) is 13.1. The lowest BCUT2D eigenvalue weighted by molar-refractivity contribution is -0.116. The third-order valence-corrected chi connectivity index (χ3v) is 5.05. The molecule has 0 saturated carbocycles. The van der Waals surface area contributed by atoms with Crippen LogP contribution < -0.4 is 9.47 Å². The third-order valence-electron chi connectivity index (χ3n) is 5.05. The first kappa shape index (κ1) is 15.1. The summed E-state index contributed by atoms with van der Waals surface area (Å²) < 4.78 is 13.3. The molecule has 0 amide bonds. The lowest BCUT2D eigenvalue weighted by Gasteiger charge is -2.32. The molecule has 2 aliphatic rings. The summed E-state index contributed by atoms with van der Waals surface area (Å²) in [5.74, 6) is 2.32. The maximum absolute atomic E-state index is 12.8. The third kappa shape index (κ3) is 2.15. The fourth-order valence-electron chi connectivity index (χ4n) is 3.83. The first-order valence-corrected chi connectivity index (χ1v) is 8.68. The first-order chi connectivity index (χ1) is 12.8. The van der Waals surface area contributed by atoms with E-state index in [1.54, 1.807) is 7.11 Å². The molecule has 0 N–H and O–H groups in total. The number of fused-ring (bicyclic) bond motifs is 2. The second kappa shape index (κ2) is 5.69. The number of ketones is 1. The lowest BCUT2D eigenvalue weighted by atomic mass is 9.85. The minimum Gasteiger partial charge on any atom is -0.497 e. The Kier molecular flexibility index (Phi) is 3.31. The number of nitrogens with zero attached hydrogens (tertiary/aromatic N) is 3. The minimum atomic E-state index is -0.357. The van der Waals surface area contributed by atoms with Gasteiger partial charge in [-0.3, -0.25) is 4.79 Å². The molecule has 1 atom stereocenters. The van der Waals surface area contributed by atoms with Gasteiger partial charge in [0.2, 0.25) is 0 Å². The Morgan fingerprint density at radius 2 is 2.08 bits per heavy atom. The molecule has 1 aliphatic carbocycles. The number of carbonyl (C=O) groups excluding carboxylic acids is 1. The van der Waals surface area contributed by atoms with Crippen molar-refractivity contribution in [3.05, 3.63) is 59.4 Å². The molecule has 3 aromatic rings. The van der Waals surface area contributed by atoms with E-state index < -0.39 is 0 Å². The first-order valence-electron chi connectivity index (χ1n) is 8.68. The zero-order valence-electron chi connectivity index (χ0n) is 14.3. The summed E-state index contributed by atoms with van der Waals surface area (Å²) in [7, 11) is 1.63. The molecule has 5 rings (SSSR count). The summed E-state index contributed by atoms with van der Waals surface area (Å²) >= 11 is 0. The smallest absolute Gasteiger partial charge is 0.164 e. The van der Waals surface area contributed by atoms with Gasteiger partial charge in [-0.25, -0.2) is 4.68 Å². The molecular formula is C20H17N3O3. The Bertz CT molecular complexity index is 1070. The van der Waals surface area contributed by atoms with Crippen molar-refractivity contribution in [1.82, 2.24) is 15.0 Å². The van der Waals surface area contributed by atoms with Crippen LogP contribution in [0.25, 0.3) is 11.0 Å². The van der Waals surface area contributed by atoms with Gasteiger partial charge in [-0.1, -0.05) is 17.3 Å². The fraction of sp³-hybridized carbons (Fsp3) is 0.250. The molecule has 1 aromatic heterocycles. The number of hydrogen-bond acceptors (Lipinski definition) is 5. The van der Waals surface area contributed by atoms with Crippen molar-refractivity contribution in [3.63, 3.8) is 0 Å². The predicted octanol–water partition coefficient (Wildman–Crippen LogP) is 3.43. The molecule has 0 bridgehead atoms. The van der Waals surface area contributed by atoms with E-state index in [-0.39, 0.29) is 11.8 Å².